The minimum absolute atomic E-state index is 0.0856. The van der Waals surface area contributed by atoms with E-state index in [4.69, 9.17) is 5.73 Å². The van der Waals surface area contributed by atoms with Crippen molar-refractivity contribution in [2.75, 3.05) is 18.1 Å². The van der Waals surface area contributed by atoms with Crippen LogP contribution in [-0.2, 0) is 0 Å². The first-order valence-electron chi connectivity index (χ1n) is 7.00. The third-order valence-electron chi connectivity index (χ3n) is 3.92. The maximum atomic E-state index is 9.54. The normalized spacial score (nSPS) is 21.9. The minimum Gasteiger partial charge on any atom is -0.394 e. The molecule has 0 aliphatic carbocycles. The number of aliphatic hydroxyl groups excluding tert-OH is 1. The Kier molecular flexibility index (Phi) is 4.61. The molecule has 1 unspecified atom stereocenters. The summed E-state index contributed by atoms with van der Waals surface area (Å²) in [4.78, 5) is 2.34. The molecule has 18 heavy (non-hydrogen) atoms. The molecule has 1 aliphatic heterocycles. The average Bonchev–Trinajstić information content (AvgIpc) is 2.46. The second kappa shape index (κ2) is 6.21. The number of nitrogens with two attached hydrogens (primary N) is 1. The van der Waals surface area contributed by atoms with Crippen LogP contribution in [0.2, 0.25) is 0 Å². The highest BCUT2D eigenvalue weighted by atomic mass is 16.3. The molecule has 0 aromatic heterocycles. The number of anilines is 1. The molecule has 0 bridgehead atoms. The molecule has 0 saturated carbocycles. The summed E-state index contributed by atoms with van der Waals surface area (Å²) in [6, 6.07) is 8.70. The molecule has 2 atom stereocenters. The van der Waals surface area contributed by atoms with Gasteiger partial charge in [0.2, 0.25) is 0 Å². The Bertz CT molecular complexity index is 381. The summed E-state index contributed by atoms with van der Waals surface area (Å²) >= 11 is 0. The molecule has 1 saturated heterocycles. The van der Waals surface area contributed by atoms with Crippen LogP contribution in [0.1, 0.15) is 44.2 Å². The highest BCUT2D eigenvalue weighted by Crippen LogP contribution is 2.31. The van der Waals surface area contributed by atoms with Crippen LogP contribution in [0.25, 0.3) is 0 Å². The number of hydrogen-bond acceptors (Lipinski definition) is 3. The standard InChI is InChI=1S/C15H24N2O/c1-2-14(16)13-8-3-4-9-15(13)17-10-6-5-7-12(17)11-18/h3-4,8-9,12,14,18H,2,5-7,10-11,16H2,1H3/t12?,14-/m1/s1. The zero-order valence-corrected chi connectivity index (χ0v) is 11.2. The molecule has 100 valence electrons. The lowest BCUT2D eigenvalue weighted by molar-refractivity contribution is 0.240. The van der Waals surface area contributed by atoms with Crippen LogP contribution >= 0.6 is 0 Å². The molecule has 0 radical (unpaired) electrons. The summed E-state index contributed by atoms with van der Waals surface area (Å²) in [7, 11) is 0. The predicted octanol–water partition coefficient (Wildman–Crippen LogP) is 2.45. The van der Waals surface area contributed by atoms with Gasteiger partial charge in [-0.15, -0.1) is 0 Å². The van der Waals surface area contributed by atoms with E-state index in [-0.39, 0.29) is 18.7 Å². The lowest BCUT2D eigenvalue weighted by Crippen LogP contribution is -2.42. The molecule has 3 N–H and O–H groups in total. The molecule has 1 fully saturated rings. The maximum Gasteiger partial charge on any atom is 0.0635 e. The van der Waals surface area contributed by atoms with E-state index in [1.807, 2.05) is 6.07 Å². The molecule has 1 aromatic carbocycles. The Labute approximate surface area is 110 Å². The van der Waals surface area contributed by atoms with Gasteiger partial charge in [-0.1, -0.05) is 25.1 Å². The summed E-state index contributed by atoms with van der Waals surface area (Å²) in [5.41, 5.74) is 8.62. The largest absolute Gasteiger partial charge is 0.394 e. The zero-order chi connectivity index (χ0) is 13.0. The van der Waals surface area contributed by atoms with Gasteiger partial charge in [-0.25, -0.2) is 0 Å². The van der Waals surface area contributed by atoms with Crippen molar-refractivity contribution in [3.63, 3.8) is 0 Å². The number of rotatable bonds is 4. The molecule has 1 heterocycles. The van der Waals surface area contributed by atoms with Gasteiger partial charge < -0.3 is 15.7 Å². The van der Waals surface area contributed by atoms with Crippen LogP contribution in [0.4, 0.5) is 5.69 Å². The van der Waals surface area contributed by atoms with E-state index in [0.29, 0.717) is 0 Å². The third kappa shape index (κ3) is 2.68. The van der Waals surface area contributed by atoms with Gasteiger partial charge in [-0.3, -0.25) is 0 Å². The Morgan fingerprint density at radius 3 is 2.89 bits per heavy atom. The first-order chi connectivity index (χ1) is 8.77. The van der Waals surface area contributed by atoms with Crippen LogP contribution in [0.3, 0.4) is 0 Å². The highest BCUT2D eigenvalue weighted by molar-refractivity contribution is 5.56. The van der Waals surface area contributed by atoms with Gasteiger partial charge in [0.15, 0.2) is 0 Å². The van der Waals surface area contributed by atoms with Crippen molar-refractivity contribution in [2.45, 2.75) is 44.7 Å². The minimum atomic E-state index is 0.0856. The number of benzene rings is 1. The van der Waals surface area contributed by atoms with E-state index in [1.165, 1.54) is 24.1 Å². The first-order valence-corrected chi connectivity index (χ1v) is 7.00. The van der Waals surface area contributed by atoms with Gasteiger partial charge in [0, 0.05) is 18.3 Å². The Morgan fingerprint density at radius 1 is 1.39 bits per heavy atom. The molecule has 1 aliphatic rings. The van der Waals surface area contributed by atoms with E-state index in [9.17, 15) is 5.11 Å². The number of aliphatic hydroxyl groups is 1. The molecular weight excluding hydrogens is 224 g/mol. The average molecular weight is 248 g/mol. The molecule has 1 aromatic rings. The lowest BCUT2D eigenvalue weighted by atomic mass is 9.97. The van der Waals surface area contributed by atoms with Crippen molar-refractivity contribution in [2.24, 2.45) is 5.73 Å². The second-order valence-corrected chi connectivity index (χ2v) is 5.10. The van der Waals surface area contributed by atoms with Crippen LogP contribution in [0, 0.1) is 0 Å². The van der Waals surface area contributed by atoms with Gasteiger partial charge in [-0.05, 0) is 37.3 Å². The van der Waals surface area contributed by atoms with Crippen LogP contribution < -0.4 is 10.6 Å². The summed E-state index contributed by atoms with van der Waals surface area (Å²) < 4.78 is 0. The lowest BCUT2D eigenvalue weighted by Gasteiger charge is -2.38. The summed E-state index contributed by atoms with van der Waals surface area (Å²) in [6.07, 6.45) is 4.43. The molecule has 3 nitrogen and oxygen atoms in total. The van der Waals surface area contributed by atoms with Crippen molar-refractivity contribution < 1.29 is 5.11 Å². The fourth-order valence-corrected chi connectivity index (χ4v) is 2.79. The van der Waals surface area contributed by atoms with E-state index in [1.54, 1.807) is 0 Å². The number of para-hydroxylation sites is 1. The third-order valence-corrected chi connectivity index (χ3v) is 3.92. The van der Waals surface area contributed by atoms with E-state index in [2.05, 4.69) is 30.0 Å². The molecule has 0 spiro atoms. The van der Waals surface area contributed by atoms with Crippen molar-refractivity contribution in [1.29, 1.82) is 0 Å². The van der Waals surface area contributed by atoms with Gasteiger partial charge >= 0.3 is 0 Å². The fourth-order valence-electron chi connectivity index (χ4n) is 2.79. The number of piperidine rings is 1. The van der Waals surface area contributed by atoms with E-state index < -0.39 is 0 Å². The van der Waals surface area contributed by atoms with Gasteiger partial charge in [-0.2, -0.15) is 0 Å². The maximum absolute atomic E-state index is 9.54. The zero-order valence-electron chi connectivity index (χ0n) is 11.2. The quantitative estimate of drug-likeness (QED) is 0.860. The predicted molar refractivity (Wildman–Crippen MR) is 75.7 cm³/mol. The van der Waals surface area contributed by atoms with Crippen molar-refractivity contribution >= 4 is 5.69 Å². The van der Waals surface area contributed by atoms with Crippen LogP contribution in [0.5, 0.6) is 0 Å². The Morgan fingerprint density at radius 2 is 2.17 bits per heavy atom. The highest BCUT2D eigenvalue weighted by Gasteiger charge is 2.24. The Balaban J connectivity index is 2.30. The fraction of sp³-hybridized carbons (Fsp3) is 0.600. The molecule has 2 rings (SSSR count). The SMILES string of the molecule is CC[C@@H](N)c1ccccc1N1CCCCC1CO. The van der Waals surface area contributed by atoms with Crippen molar-refractivity contribution in [3.8, 4) is 0 Å². The molecular formula is C15H24N2O. The summed E-state index contributed by atoms with van der Waals surface area (Å²) in [5, 5.41) is 9.54. The number of nitrogens with zero attached hydrogens (tertiary/aromatic N) is 1. The number of hydrogen-bond donors (Lipinski definition) is 2. The van der Waals surface area contributed by atoms with Crippen molar-refractivity contribution in [3.05, 3.63) is 29.8 Å². The summed E-state index contributed by atoms with van der Waals surface area (Å²) in [5.74, 6) is 0. The first kappa shape index (κ1) is 13.4. The van der Waals surface area contributed by atoms with Crippen molar-refractivity contribution in [1.82, 2.24) is 0 Å². The van der Waals surface area contributed by atoms with E-state index in [0.717, 1.165) is 19.4 Å². The molecule has 3 heteroatoms. The smallest absolute Gasteiger partial charge is 0.0635 e. The van der Waals surface area contributed by atoms with E-state index >= 15 is 0 Å². The van der Waals surface area contributed by atoms with Gasteiger partial charge in [0.25, 0.3) is 0 Å². The van der Waals surface area contributed by atoms with Crippen LogP contribution in [-0.4, -0.2) is 24.3 Å². The Hall–Kier alpha value is -1.06. The van der Waals surface area contributed by atoms with Crippen LogP contribution in [0.15, 0.2) is 24.3 Å². The summed E-state index contributed by atoms with van der Waals surface area (Å²) in [6.45, 7) is 3.37. The second-order valence-electron chi connectivity index (χ2n) is 5.10. The monoisotopic (exact) mass is 248 g/mol. The van der Waals surface area contributed by atoms with Gasteiger partial charge in [0.05, 0.1) is 12.6 Å². The molecule has 0 amide bonds. The topological polar surface area (TPSA) is 49.5 Å². The van der Waals surface area contributed by atoms with Gasteiger partial charge in [0.1, 0.15) is 0 Å².